The Balaban J connectivity index is 1.51. The second-order valence-corrected chi connectivity index (χ2v) is 9.42. The summed E-state index contributed by atoms with van der Waals surface area (Å²) in [4.78, 5) is 31.7. The van der Waals surface area contributed by atoms with Crippen LogP contribution in [0.25, 0.3) is 0 Å². The molecule has 6 heteroatoms. The van der Waals surface area contributed by atoms with Crippen molar-refractivity contribution in [1.82, 2.24) is 14.7 Å². The molecule has 1 aromatic rings. The van der Waals surface area contributed by atoms with Gasteiger partial charge < -0.3 is 9.80 Å². The Labute approximate surface area is 172 Å². The lowest BCUT2D eigenvalue weighted by Crippen LogP contribution is -2.57. The molecule has 1 aromatic carbocycles. The summed E-state index contributed by atoms with van der Waals surface area (Å²) in [5, 5.41) is 0. The molecule has 4 atom stereocenters. The van der Waals surface area contributed by atoms with Gasteiger partial charge in [-0.05, 0) is 32.4 Å². The summed E-state index contributed by atoms with van der Waals surface area (Å²) in [5.74, 6) is -0.00908. The van der Waals surface area contributed by atoms with Crippen LogP contribution in [0.15, 0.2) is 24.3 Å². The van der Waals surface area contributed by atoms with E-state index in [9.17, 15) is 14.0 Å². The number of hydrogen-bond donors (Lipinski definition) is 0. The number of likely N-dealkylation sites (N-methyl/N-ethyl adjacent to an activating group) is 1. The summed E-state index contributed by atoms with van der Waals surface area (Å²) in [5.41, 5.74) is 0.580. The first-order chi connectivity index (χ1) is 13.8. The highest BCUT2D eigenvalue weighted by molar-refractivity contribution is 5.80. The minimum Gasteiger partial charge on any atom is -0.336 e. The number of hydrogen-bond acceptors (Lipinski definition) is 3. The molecule has 1 saturated carbocycles. The van der Waals surface area contributed by atoms with Gasteiger partial charge in [-0.3, -0.25) is 14.5 Å². The molecule has 2 amide bonds. The standard InChI is InChI=1S/C23H32FN3O2/c1-16(28)27-18-12-23(2)20(10-6-7-11-21(23)27)26(14-18)22(29)15-25(3)13-17-8-4-5-9-19(17)24/h4-5,8-9,18,20-21H,6-7,10-15H2,1-3H3/t18-,20+,21-,23+/m0/s1. The number of rotatable bonds is 4. The van der Waals surface area contributed by atoms with Gasteiger partial charge in [-0.15, -0.1) is 0 Å². The number of nitrogens with zero attached hydrogens (tertiary/aromatic N) is 3. The second-order valence-electron chi connectivity index (χ2n) is 9.42. The summed E-state index contributed by atoms with van der Waals surface area (Å²) in [7, 11) is 1.86. The monoisotopic (exact) mass is 401 g/mol. The van der Waals surface area contributed by atoms with E-state index >= 15 is 0 Å². The van der Waals surface area contributed by atoms with Crippen molar-refractivity contribution in [2.75, 3.05) is 20.1 Å². The minimum atomic E-state index is -0.237. The van der Waals surface area contributed by atoms with Crippen LogP contribution in [-0.2, 0) is 16.1 Å². The molecule has 0 aromatic heterocycles. The van der Waals surface area contributed by atoms with Gasteiger partial charge in [-0.1, -0.05) is 38.0 Å². The molecule has 0 radical (unpaired) electrons. The Kier molecular flexibility index (Phi) is 5.40. The number of carbonyl (C=O) groups is 2. The van der Waals surface area contributed by atoms with Gasteiger partial charge in [-0.25, -0.2) is 4.39 Å². The third-order valence-electron chi connectivity index (χ3n) is 7.40. The van der Waals surface area contributed by atoms with E-state index in [1.165, 1.54) is 6.07 Å². The highest BCUT2D eigenvalue weighted by atomic mass is 19.1. The van der Waals surface area contributed by atoms with Gasteiger partial charge >= 0.3 is 0 Å². The number of amides is 2. The van der Waals surface area contributed by atoms with E-state index in [1.807, 2.05) is 22.9 Å². The predicted molar refractivity (Wildman–Crippen MR) is 110 cm³/mol. The fraction of sp³-hybridized carbons (Fsp3) is 0.652. The molecule has 2 bridgehead atoms. The Morgan fingerprint density at radius 1 is 1.21 bits per heavy atom. The number of benzene rings is 1. The van der Waals surface area contributed by atoms with E-state index in [2.05, 4.69) is 11.8 Å². The second kappa shape index (κ2) is 7.71. The van der Waals surface area contributed by atoms with Crippen molar-refractivity contribution in [2.45, 2.75) is 70.6 Å². The molecule has 158 valence electrons. The number of halogens is 1. The predicted octanol–water partition coefficient (Wildman–Crippen LogP) is 3.04. The molecule has 0 unspecified atom stereocenters. The van der Waals surface area contributed by atoms with Crippen LogP contribution in [0.3, 0.4) is 0 Å². The highest BCUT2D eigenvalue weighted by Gasteiger charge is 2.60. The zero-order chi connectivity index (χ0) is 20.8. The highest BCUT2D eigenvalue weighted by Crippen LogP contribution is 2.53. The van der Waals surface area contributed by atoms with Crippen LogP contribution in [0.4, 0.5) is 4.39 Å². The van der Waals surface area contributed by atoms with Crippen molar-refractivity contribution in [3.8, 4) is 0 Å². The molecule has 2 saturated heterocycles. The van der Waals surface area contributed by atoms with Gasteiger partial charge in [0, 0.05) is 43.1 Å². The Hall–Kier alpha value is -1.95. The maximum Gasteiger partial charge on any atom is 0.237 e. The molecular weight excluding hydrogens is 369 g/mol. The molecule has 2 heterocycles. The van der Waals surface area contributed by atoms with Crippen molar-refractivity contribution >= 4 is 11.8 Å². The van der Waals surface area contributed by atoms with Crippen molar-refractivity contribution in [1.29, 1.82) is 0 Å². The molecule has 0 N–H and O–H groups in total. The Morgan fingerprint density at radius 2 is 1.90 bits per heavy atom. The number of fused-ring (bicyclic) bond motifs is 1. The quantitative estimate of drug-likeness (QED) is 0.779. The first-order valence-electron chi connectivity index (χ1n) is 10.8. The zero-order valence-electron chi connectivity index (χ0n) is 17.7. The van der Waals surface area contributed by atoms with Crippen molar-refractivity contribution in [3.05, 3.63) is 35.6 Å². The molecule has 5 nitrogen and oxygen atoms in total. The number of likely N-dealkylation sites (tertiary alicyclic amines) is 2. The zero-order valence-corrected chi connectivity index (χ0v) is 17.7. The molecule has 2 aliphatic heterocycles. The largest absolute Gasteiger partial charge is 0.336 e. The van der Waals surface area contributed by atoms with Gasteiger partial charge in [0.25, 0.3) is 0 Å². The average molecular weight is 402 g/mol. The van der Waals surface area contributed by atoms with Crippen molar-refractivity contribution < 1.29 is 14.0 Å². The lowest BCUT2D eigenvalue weighted by Gasteiger charge is -2.46. The maximum atomic E-state index is 14.0. The molecule has 4 rings (SSSR count). The van der Waals surface area contributed by atoms with Crippen LogP contribution in [0.2, 0.25) is 0 Å². The van der Waals surface area contributed by atoms with E-state index in [4.69, 9.17) is 0 Å². The van der Waals surface area contributed by atoms with Crippen LogP contribution < -0.4 is 0 Å². The lowest BCUT2D eigenvalue weighted by molar-refractivity contribution is -0.140. The van der Waals surface area contributed by atoms with Crippen LogP contribution in [0.1, 0.15) is 51.5 Å². The van der Waals surface area contributed by atoms with Gasteiger partial charge in [-0.2, -0.15) is 0 Å². The molecule has 29 heavy (non-hydrogen) atoms. The normalized spacial score (nSPS) is 31.1. The number of piperidine rings is 1. The summed E-state index contributed by atoms with van der Waals surface area (Å²) in [6.07, 6.45) is 5.26. The number of carbonyl (C=O) groups excluding carboxylic acids is 2. The van der Waals surface area contributed by atoms with E-state index in [-0.39, 0.29) is 47.7 Å². The van der Waals surface area contributed by atoms with Gasteiger partial charge in [0.05, 0.1) is 12.6 Å². The van der Waals surface area contributed by atoms with E-state index < -0.39 is 0 Å². The fourth-order valence-corrected chi connectivity index (χ4v) is 6.21. The molecule has 0 spiro atoms. The first kappa shape index (κ1) is 20.3. The summed E-state index contributed by atoms with van der Waals surface area (Å²) >= 11 is 0. The third-order valence-corrected chi connectivity index (χ3v) is 7.40. The van der Waals surface area contributed by atoms with Gasteiger partial charge in [0.1, 0.15) is 5.82 Å². The summed E-state index contributed by atoms with van der Waals surface area (Å²) in [6.45, 7) is 5.24. The smallest absolute Gasteiger partial charge is 0.237 e. The Morgan fingerprint density at radius 3 is 2.59 bits per heavy atom. The first-order valence-corrected chi connectivity index (χ1v) is 10.8. The molecule has 3 fully saturated rings. The van der Waals surface area contributed by atoms with Crippen LogP contribution in [-0.4, -0.2) is 64.8 Å². The van der Waals surface area contributed by atoms with Crippen molar-refractivity contribution in [3.63, 3.8) is 0 Å². The van der Waals surface area contributed by atoms with Crippen LogP contribution in [0, 0.1) is 11.2 Å². The fourth-order valence-electron chi connectivity index (χ4n) is 6.21. The van der Waals surface area contributed by atoms with Gasteiger partial charge in [0.15, 0.2) is 0 Å². The molecule has 3 aliphatic rings. The summed E-state index contributed by atoms with van der Waals surface area (Å²) < 4.78 is 14.0. The van der Waals surface area contributed by atoms with E-state index in [0.29, 0.717) is 18.7 Å². The van der Waals surface area contributed by atoms with E-state index in [0.717, 1.165) is 32.1 Å². The minimum absolute atomic E-state index is 0.0230. The third kappa shape index (κ3) is 3.56. The average Bonchev–Trinajstić information content (AvgIpc) is 2.77. The Bertz CT molecular complexity index is 800. The summed E-state index contributed by atoms with van der Waals surface area (Å²) in [6, 6.07) is 7.26. The van der Waals surface area contributed by atoms with Crippen LogP contribution in [0.5, 0.6) is 0 Å². The topological polar surface area (TPSA) is 43.9 Å². The van der Waals surface area contributed by atoms with Crippen molar-refractivity contribution in [2.24, 2.45) is 5.41 Å². The maximum absolute atomic E-state index is 14.0. The molecule has 1 aliphatic carbocycles. The molecular formula is C23H32FN3O2. The lowest BCUT2D eigenvalue weighted by atomic mass is 9.71. The van der Waals surface area contributed by atoms with E-state index in [1.54, 1.807) is 19.1 Å². The SMILES string of the molecule is CC(=O)N1[C@@H]2CN(C(=O)CN(C)Cc3ccccc3F)[C@@H]3CCCC[C@H]1[C@]3(C)C2. The van der Waals surface area contributed by atoms with Crippen LogP contribution >= 0.6 is 0 Å². The van der Waals surface area contributed by atoms with Gasteiger partial charge in [0.2, 0.25) is 11.8 Å².